The number of carbonyl (C=O) groups is 1. The van der Waals surface area contributed by atoms with Gasteiger partial charge in [-0.3, -0.25) is 4.79 Å². The molecule has 0 bridgehead atoms. The third kappa shape index (κ3) is 44.2. The van der Waals surface area contributed by atoms with Gasteiger partial charge in [0, 0.05) is 0 Å². The second kappa shape index (κ2) is 47.5. The molecule has 0 radical (unpaired) electrons. The van der Waals surface area contributed by atoms with Gasteiger partial charge in [0.1, 0.15) is 0 Å². The van der Waals surface area contributed by atoms with Crippen LogP contribution in [0, 0.1) is 0 Å². The largest absolute Gasteiger partial charge is 0.394 e. The average molecular weight is 804 g/mol. The van der Waals surface area contributed by atoms with Crippen molar-refractivity contribution in [3.8, 4) is 0 Å². The quantitative estimate of drug-likeness (QED) is 0.0364. The number of allylic oxidation sites excluding steroid dienone is 3. The molecule has 0 saturated heterocycles. The molecule has 0 rings (SSSR count). The number of aliphatic hydroxyl groups is 3. The lowest BCUT2D eigenvalue weighted by molar-refractivity contribution is -0.124. The van der Waals surface area contributed by atoms with Gasteiger partial charge >= 0.3 is 0 Å². The zero-order chi connectivity index (χ0) is 41.5. The zero-order valence-electron chi connectivity index (χ0n) is 38.5. The van der Waals surface area contributed by atoms with Gasteiger partial charge in [0.25, 0.3) is 0 Å². The van der Waals surface area contributed by atoms with Crippen LogP contribution in [0.15, 0.2) is 24.3 Å². The smallest absolute Gasteiger partial charge is 0.222 e. The zero-order valence-corrected chi connectivity index (χ0v) is 38.5. The van der Waals surface area contributed by atoms with Crippen molar-refractivity contribution in [2.45, 2.75) is 295 Å². The third-order valence-corrected chi connectivity index (χ3v) is 12.0. The average Bonchev–Trinajstić information content (AvgIpc) is 3.20. The van der Waals surface area contributed by atoms with Crippen molar-refractivity contribution < 1.29 is 20.1 Å². The third-order valence-electron chi connectivity index (χ3n) is 12.0. The van der Waals surface area contributed by atoms with E-state index in [1.54, 1.807) is 6.08 Å². The number of unbranched alkanes of at least 4 members (excludes halogenated alkanes) is 36. The van der Waals surface area contributed by atoms with Crippen LogP contribution in [0.2, 0.25) is 0 Å². The topological polar surface area (TPSA) is 89.8 Å². The number of amides is 1. The van der Waals surface area contributed by atoms with Gasteiger partial charge in [-0.1, -0.05) is 263 Å². The van der Waals surface area contributed by atoms with Gasteiger partial charge in [0.05, 0.1) is 31.3 Å². The fourth-order valence-corrected chi connectivity index (χ4v) is 8.06. The Morgan fingerprint density at radius 2 is 0.754 bits per heavy atom. The molecule has 1 amide bonds. The lowest BCUT2D eigenvalue weighted by Gasteiger charge is -2.21. The molecule has 338 valence electrons. The maximum absolute atomic E-state index is 12.5. The lowest BCUT2D eigenvalue weighted by Crippen LogP contribution is -2.45. The van der Waals surface area contributed by atoms with E-state index in [1.165, 1.54) is 218 Å². The molecule has 0 saturated carbocycles. The minimum Gasteiger partial charge on any atom is -0.394 e. The summed E-state index contributed by atoms with van der Waals surface area (Å²) in [7, 11) is 0. The number of aliphatic hydroxyl groups excluding tert-OH is 3. The highest BCUT2D eigenvalue weighted by atomic mass is 16.3. The molecule has 0 spiro atoms. The number of hydrogen-bond acceptors (Lipinski definition) is 4. The van der Waals surface area contributed by atoms with Crippen LogP contribution in [0.1, 0.15) is 277 Å². The molecule has 0 aromatic rings. The van der Waals surface area contributed by atoms with Crippen LogP contribution in [-0.4, -0.2) is 46.1 Å². The molecule has 0 fully saturated rings. The first-order valence-corrected chi connectivity index (χ1v) is 25.6. The number of hydrogen-bond donors (Lipinski definition) is 4. The number of carbonyl (C=O) groups excluding carboxylic acids is 1. The Bertz CT molecular complexity index is 844. The molecule has 0 aromatic heterocycles. The Kier molecular flexibility index (Phi) is 46.5. The first-order chi connectivity index (χ1) is 28.0. The van der Waals surface area contributed by atoms with E-state index in [9.17, 15) is 20.1 Å². The second-order valence-electron chi connectivity index (χ2n) is 17.8. The predicted molar refractivity (Wildman–Crippen MR) is 250 cm³/mol. The summed E-state index contributed by atoms with van der Waals surface area (Å²) < 4.78 is 0. The van der Waals surface area contributed by atoms with Crippen molar-refractivity contribution in [2.24, 2.45) is 0 Å². The summed E-state index contributed by atoms with van der Waals surface area (Å²) in [6.07, 6.45) is 59.2. The summed E-state index contributed by atoms with van der Waals surface area (Å²) in [6.45, 7) is 4.23. The Morgan fingerprint density at radius 3 is 1.12 bits per heavy atom. The maximum Gasteiger partial charge on any atom is 0.222 e. The summed E-state index contributed by atoms with van der Waals surface area (Å²) in [4.78, 5) is 12.5. The molecule has 0 aromatic carbocycles. The highest BCUT2D eigenvalue weighted by Crippen LogP contribution is 2.17. The van der Waals surface area contributed by atoms with Gasteiger partial charge in [-0.25, -0.2) is 0 Å². The summed E-state index contributed by atoms with van der Waals surface area (Å²) in [6, 6.07) is -0.758. The number of nitrogens with one attached hydrogen (secondary N) is 1. The fourth-order valence-electron chi connectivity index (χ4n) is 8.06. The lowest BCUT2D eigenvalue weighted by atomic mass is 10.0. The van der Waals surface area contributed by atoms with Crippen molar-refractivity contribution >= 4 is 5.91 Å². The van der Waals surface area contributed by atoms with Crippen molar-refractivity contribution in [3.05, 3.63) is 24.3 Å². The van der Waals surface area contributed by atoms with Gasteiger partial charge in [-0.05, 0) is 32.1 Å². The monoisotopic (exact) mass is 804 g/mol. The van der Waals surface area contributed by atoms with E-state index in [-0.39, 0.29) is 18.9 Å². The van der Waals surface area contributed by atoms with E-state index >= 15 is 0 Å². The van der Waals surface area contributed by atoms with E-state index in [2.05, 4.69) is 31.3 Å². The van der Waals surface area contributed by atoms with Crippen LogP contribution >= 0.6 is 0 Å². The van der Waals surface area contributed by atoms with Crippen molar-refractivity contribution in [1.29, 1.82) is 0 Å². The molecule has 0 aliphatic carbocycles. The fraction of sp³-hybridized carbons (Fsp3) is 0.904. The van der Waals surface area contributed by atoms with E-state index in [0.29, 0.717) is 6.42 Å². The normalized spacial score (nSPS) is 13.6. The molecule has 4 N–H and O–H groups in total. The van der Waals surface area contributed by atoms with Crippen molar-refractivity contribution in [2.75, 3.05) is 6.61 Å². The minimum atomic E-state index is -0.949. The van der Waals surface area contributed by atoms with E-state index in [0.717, 1.165) is 32.1 Å². The van der Waals surface area contributed by atoms with E-state index in [1.807, 2.05) is 6.08 Å². The Balaban J connectivity index is 3.62. The Labute approximate surface area is 356 Å². The molecule has 3 atom stereocenters. The number of rotatable bonds is 47. The Morgan fingerprint density at radius 1 is 0.439 bits per heavy atom. The van der Waals surface area contributed by atoms with Crippen LogP contribution in [0.4, 0.5) is 0 Å². The SMILES string of the molecule is CCCCCCCCCCCCCCCCC/C=C/CC/C=C/C(O)C(CO)NC(=O)CC(O)CCCCCCCCCCCCCCCCCCCCCCC. The van der Waals surface area contributed by atoms with Crippen LogP contribution in [0.25, 0.3) is 0 Å². The van der Waals surface area contributed by atoms with Gasteiger partial charge in [-0.2, -0.15) is 0 Å². The molecule has 5 heteroatoms. The second-order valence-corrected chi connectivity index (χ2v) is 17.8. The summed E-state index contributed by atoms with van der Waals surface area (Å²) in [5, 5.41) is 33.4. The summed E-state index contributed by atoms with van der Waals surface area (Å²) in [5.74, 6) is -0.320. The minimum absolute atomic E-state index is 0.0102. The molecule has 0 heterocycles. The van der Waals surface area contributed by atoms with Gasteiger partial charge in [0.2, 0.25) is 5.91 Å². The Hall–Kier alpha value is -1.17. The highest BCUT2D eigenvalue weighted by molar-refractivity contribution is 5.76. The van der Waals surface area contributed by atoms with Crippen LogP contribution in [0.5, 0.6) is 0 Å². The van der Waals surface area contributed by atoms with Crippen LogP contribution in [-0.2, 0) is 4.79 Å². The predicted octanol–water partition coefficient (Wildman–Crippen LogP) is 15.3. The van der Waals surface area contributed by atoms with Crippen LogP contribution in [0.3, 0.4) is 0 Å². The van der Waals surface area contributed by atoms with Gasteiger partial charge in [-0.15, -0.1) is 0 Å². The van der Waals surface area contributed by atoms with Crippen molar-refractivity contribution in [1.82, 2.24) is 5.32 Å². The van der Waals surface area contributed by atoms with Crippen LogP contribution < -0.4 is 5.32 Å². The van der Waals surface area contributed by atoms with E-state index in [4.69, 9.17) is 0 Å². The molecule has 57 heavy (non-hydrogen) atoms. The summed E-state index contributed by atoms with van der Waals surface area (Å²) >= 11 is 0. The molecular formula is C52H101NO4. The molecule has 3 unspecified atom stereocenters. The highest BCUT2D eigenvalue weighted by Gasteiger charge is 2.20. The first-order valence-electron chi connectivity index (χ1n) is 25.6. The van der Waals surface area contributed by atoms with Gasteiger partial charge < -0.3 is 20.6 Å². The van der Waals surface area contributed by atoms with Crippen molar-refractivity contribution in [3.63, 3.8) is 0 Å². The summed E-state index contributed by atoms with van der Waals surface area (Å²) in [5.41, 5.74) is 0. The molecule has 0 aliphatic rings. The molecular weight excluding hydrogens is 703 g/mol. The first kappa shape index (κ1) is 55.8. The maximum atomic E-state index is 12.5. The molecule has 5 nitrogen and oxygen atoms in total. The molecule has 0 aliphatic heterocycles. The van der Waals surface area contributed by atoms with E-state index < -0.39 is 18.2 Å². The van der Waals surface area contributed by atoms with Gasteiger partial charge in [0.15, 0.2) is 0 Å². The standard InChI is InChI=1S/C52H101NO4/c1-3-5-7-9-11-13-15-17-19-21-23-25-27-29-31-33-35-37-39-41-43-45-49(55)47-52(57)53-50(48-54)51(56)46-44-42-40-38-36-34-32-30-28-26-24-22-20-18-16-14-12-10-8-6-4-2/h36,38,44,46,49-51,54-56H,3-35,37,39-43,45,47-48H2,1-2H3,(H,53,57)/b38-36+,46-44+.